The molecule has 2 fully saturated rings. The molecule has 0 spiro atoms. The van der Waals surface area contributed by atoms with Gasteiger partial charge in [-0.05, 0) is 32.2 Å². The van der Waals surface area contributed by atoms with Crippen LogP contribution in [0.4, 0.5) is 5.82 Å². The topological polar surface area (TPSA) is 49.8 Å². The highest BCUT2D eigenvalue weighted by Crippen LogP contribution is 2.32. The lowest BCUT2D eigenvalue weighted by molar-refractivity contribution is 0.465. The second kappa shape index (κ2) is 3.45. The maximum atomic E-state index is 4.32. The molecular formula is C11H16N4. The largest absolute Gasteiger partial charge is 0.364 e. The van der Waals surface area contributed by atoms with Gasteiger partial charge in [0.15, 0.2) is 0 Å². The second-order valence-corrected chi connectivity index (χ2v) is 4.65. The van der Waals surface area contributed by atoms with Crippen LogP contribution in [0.2, 0.25) is 0 Å². The lowest BCUT2D eigenvalue weighted by Gasteiger charge is -2.24. The van der Waals surface area contributed by atoms with Crippen molar-refractivity contribution in [3.05, 3.63) is 18.1 Å². The summed E-state index contributed by atoms with van der Waals surface area (Å²) in [6.45, 7) is 3.15. The van der Waals surface area contributed by atoms with Crippen molar-refractivity contribution in [2.24, 2.45) is 5.92 Å². The summed E-state index contributed by atoms with van der Waals surface area (Å²) in [6, 6.07) is 1.18. The standard InChI is InChI=1S/C11H16N4/c1-7-4-14-11(6-12-7)15-10-3-8-2-9(10)13-5-8/h4,6,8-10,13H,2-3,5H2,1H3,(H,14,15)/t8-,9-,10+/m0/s1. The molecule has 2 N–H and O–H groups in total. The van der Waals surface area contributed by atoms with Gasteiger partial charge in [-0.1, -0.05) is 0 Å². The summed E-state index contributed by atoms with van der Waals surface area (Å²) in [5.41, 5.74) is 0.964. The third-order valence-corrected chi connectivity index (χ3v) is 3.44. The Hall–Kier alpha value is -1.16. The Kier molecular flexibility index (Phi) is 2.09. The van der Waals surface area contributed by atoms with Crippen molar-refractivity contribution >= 4 is 5.82 Å². The van der Waals surface area contributed by atoms with Crippen molar-refractivity contribution in [1.82, 2.24) is 15.3 Å². The number of piperidine rings is 1. The number of nitrogens with zero attached hydrogens (tertiary/aromatic N) is 2. The van der Waals surface area contributed by atoms with E-state index in [-0.39, 0.29) is 0 Å². The summed E-state index contributed by atoms with van der Waals surface area (Å²) < 4.78 is 0. The number of hydrogen-bond donors (Lipinski definition) is 2. The molecule has 15 heavy (non-hydrogen) atoms. The van der Waals surface area contributed by atoms with Crippen LogP contribution in [-0.4, -0.2) is 28.6 Å². The average Bonchev–Trinajstić information content (AvgIpc) is 2.83. The molecule has 3 atom stereocenters. The summed E-state index contributed by atoms with van der Waals surface area (Å²) in [6.07, 6.45) is 6.22. The van der Waals surface area contributed by atoms with Gasteiger partial charge < -0.3 is 10.6 Å². The van der Waals surface area contributed by atoms with Crippen LogP contribution in [0.5, 0.6) is 0 Å². The molecule has 0 radical (unpaired) electrons. The van der Waals surface area contributed by atoms with Gasteiger partial charge in [0.2, 0.25) is 0 Å². The van der Waals surface area contributed by atoms with Gasteiger partial charge in [-0.2, -0.15) is 0 Å². The van der Waals surface area contributed by atoms with Crippen molar-refractivity contribution in [3.8, 4) is 0 Å². The summed E-state index contributed by atoms with van der Waals surface area (Å²) in [7, 11) is 0. The Morgan fingerprint density at radius 1 is 1.33 bits per heavy atom. The fourth-order valence-corrected chi connectivity index (χ4v) is 2.67. The molecule has 4 heteroatoms. The van der Waals surface area contributed by atoms with Crippen molar-refractivity contribution in [1.29, 1.82) is 0 Å². The lowest BCUT2D eigenvalue weighted by Crippen LogP contribution is -2.41. The maximum absolute atomic E-state index is 4.32. The van der Waals surface area contributed by atoms with E-state index in [1.807, 2.05) is 19.3 Å². The molecule has 1 aromatic heterocycles. The third kappa shape index (κ3) is 1.69. The minimum atomic E-state index is 0.542. The van der Waals surface area contributed by atoms with Crippen molar-refractivity contribution in [3.63, 3.8) is 0 Å². The van der Waals surface area contributed by atoms with Gasteiger partial charge in [0.1, 0.15) is 5.82 Å². The summed E-state index contributed by atoms with van der Waals surface area (Å²) >= 11 is 0. The van der Waals surface area contributed by atoms with E-state index in [0.29, 0.717) is 12.1 Å². The van der Waals surface area contributed by atoms with Crippen LogP contribution in [0, 0.1) is 12.8 Å². The molecular weight excluding hydrogens is 188 g/mol. The fraction of sp³-hybridized carbons (Fsp3) is 0.636. The van der Waals surface area contributed by atoms with Crippen molar-refractivity contribution in [2.45, 2.75) is 31.8 Å². The average molecular weight is 204 g/mol. The van der Waals surface area contributed by atoms with Gasteiger partial charge in [-0.15, -0.1) is 0 Å². The van der Waals surface area contributed by atoms with E-state index >= 15 is 0 Å². The van der Waals surface area contributed by atoms with Crippen LogP contribution in [0.15, 0.2) is 12.4 Å². The highest BCUT2D eigenvalue weighted by Gasteiger charge is 2.39. The number of rotatable bonds is 2. The normalized spacial score (nSPS) is 33.3. The first kappa shape index (κ1) is 9.09. The van der Waals surface area contributed by atoms with E-state index in [1.165, 1.54) is 19.4 Å². The predicted octanol–water partition coefficient (Wildman–Crippen LogP) is 0.947. The SMILES string of the molecule is Cc1cnc(N[C@@H]2C[C@H]3CN[C@H]2C3)cn1. The first-order valence-corrected chi connectivity index (χ1v) is 5.60. The number of nitrogens with one attached hydrogen (secondary N) is 2. The molecule has 80 valence electrons. The Morgan fingerprint density at radius 2 is 2.27 bits per heavy atom. The Bertz CT molecular complexity index is 348. The van der Waals surface area contributed by atoms with E-state index in [4.69, 9.17) is 0 Å². The minimum Gasteiger partial charge on any atom is -0.364 e. The van der Waals surface area contributed by atoms with E-state index in [9.17, 15) is 0 Å². The predicted molar refractivity (Wildman–Crippen MR) is 58.7 cm³/mol. The zero-order chi connectivity index (χ0) is 10.3. The smallest absolute Gasteiger partial charge is 0.144 e. The minimum absolute atomic E-state index is 0.542. The van der Waals surface area contributed by atoms with Gasteiger partial charge in [0.05, 0.1) is 18.1 Å². The van der Waals surface area contributed by atoms with Gasteiger partial charge >= 0.3 is 0 Å². The lowest BCUT2D eigenvalue weighted by atomic mass is 10.1. The maximum Gasteiger partial charge on any atom is 0.144 e. The molecule has 2 aliphatic rings. The van der Waals surface area contributed by atoms with Gasteiger partial charge in [-0.25, -0.2) is 4.98 Å². The molecule has 2 heterocycles. The Labute approximate surface area is 89.5 Å². The molecule has 4 nitrogen and oxygen atoms in total. The number of anilines is 1. The highest BCUT2D eigenvalue weighted by atomic mass is 15.1. The van der Waals surface area contributed by atoms with E-state index < -0.39 is 0 Å². The quantitative estimate of drug-likeness (QED) is 0.753. The van der Waals surface area contributed by atoms with E-state index in [0.717, 1.165) is 17.4 Å². The van der Waals surface area contributed by atoms with Crippen LogP contribution in [0.3, 0.4) is 0 Å². The zero-order valence-corrected chi connectivity index (χ0v) is 8.90. The summed E-state index contributed by atoms with van der Waals surface area (Å²) in [5.74, 6) is 1.77. The van der Waals surface area contributed by atoms with Gasteiger partial charge in [0, 0.05) is 12.1 Å². The Morgan fingerprint density at radius 3 is 2.87 bits per heavy atom. The molecule has 0 unspecified atom stereocenters. The van der Waals surface area contributed by atoms with E-state index in [1.54, 1.807) is 0 Å². The van der Waals surface area contributed by atoms with Crippen LogP contribution in [0.25, 0.3) is 0 Å². The zero-order valence-electron chi connectivity index (χ0n) is 8.90. The van der Waals surface area contributed by atoms with Crippen LogP contribution in [0.1, 0.15) is 18.5 Å². The third-order valence-electron chi connectivity index (χ3n) is 3.44. The molecule has 2 bridgehead atoms. The molecule has 1 saturated carbocycles. The summed E-state index contributed by atoms with van der Waals surface area (Å²) in [5, 5.41) is 6.99. The number of aryl methyl sites for hydroxylation is 1. The van der Waals surface area contributed by atoms with Crippen molar-refractivity contribution < 1.29 is 0 Å². The fourth-order valence-electron chi connectivity index (χ4n) is 2.67. The molecule has 0 amide bonds. The number of hydrogen-bond acceptors (Lipinski definition) is 4. The van der Waals surface area contributed by atoms with Crippen molar-refractivity contribution in [2.75, 3.05) is 11.9 Å². The molecule has 1 saturated heterocycles. The van der Waals surface area contributed by atoms with E-state index in [2.05, 4.69) is 20.6 Å². The van der Waals surface area contributed by atoms with Gasteiger partial charge in [-0.3, -0.25) is 4.98 Å². The molecule has 1 aliphatic heterocycles. The number of aromatic nitrogens is 2. The number of fused-ring (bicyclic) bond motifs is 2. The Balaban J connectivity index is 1.68. The molecule has 3 rings (SSSR count). The first-order valence-electron chi connectivity index (χ1n) is 5.60. The second-order valence-electron chi connectivity index (χ2n) is 4.65. The van der Waals surface area contributed by atoms with Gasteiger partial charge in [0.25, 0.3) is 0 Å². The summed E-state index contributed by atoms with van der Waals surface area (Å²) in [4.78, 5) is 8.56. The van der Waals surface area contributed by atoms with Crippen LogP contribution in [-0.2, 0) is 0 Å². The highest BCUT2D eigenvalue weighted by molar-refractivity contribution is 5.34. The molecule has 1 aliphatic carbocycles. The van der Waals surface area contributed by atoms with Crippen LogP contribution < -0.4 is 10.6 Å². The monoisotopic (exact) mass is 204 g/mol. The van der Waals surface area contributed by atoms with Crippen LogP contribution >= 0.6 is 0 Å². The first-order chi connectivity index (χ1) is 7.31. The molecule has 0 aromatic carbocycles. The molecule has 1 aromatic rings.